The summed E-state index contributed by atoms with van der Waals surface area (Å²) in [5.74, 6) is 1.50. The van der Waals surface area contributed by atoms with Crippen LogP contribution in [0, 0.1) is 0 Å². The molecule has 2 rings (SSSR count). The first-order valence-corrected chi connectivity index (χ1v) is 8.06. The van der Waals surface area contributed by atoms with E-state index in [1.807, 2.05) is 25.1 Å². The number of rotatable bonds is 7. The Labute approximate surface area is 156 Å². The Morgan fingerprint density at radius 3 is 2.91 bits per heavy atom. The second kappa shape index (κ2) is 11.3. The predicted octanol–water partition coefficient (Wildman–Crippen LogP) is 3.26. The number of hydrogen-bond donors (Lipinski definition) is 2. The minimum absolute atomic E-state index is 0. The van der Waals surface area contributed by atoms with Crippen molar-refractivity contribution in [3.05, 3.63) is 36.5 Å². The van der Waals surface area contributed by atoms with E-state index in [0.717, 1.165) is 30.9 Å². The van der Waals surface area contributed by atoms with Gasteiger partial charge < -0.3 is 15.4 Å². The van der Waals surface area contributed by atoms with Gasteiger partial charge in [0.2, 0.25) is 5.88 Å². The van der Waals surface area contributed by atoms with Crippen LogP contribution in [0.1, 0.15) is 38.2 Å². The lowest BCUT2D eigenvalue weighted by Crippen LogP contribution is -2.37. The van der Waals surface area contributed by atoms with Crippen LogP contribution in [0.4, 0.5) is 0 Å². The van der Waals surface area contributed by atoms with Gasteiger partial charge in [0.15, 0.2) is 5.96 Å². The topological polar surface area (TPSA) is 58.5 Å². The minimum Gasteiger partial charge on any atom is -0.474 e. The molecule has 0 atom stereocenters. The molecule has 5 nitrogen and oxygen atoms in total. The van der Waals surface area contributed by atoms with Gasteiger partial charge in [0.05, 0.1) is 6.54 Å². The van der Waals surface area contributed by atoms with Gasteiger partial charge in [-0.25, -0.2) is 9.98 Å². The van der Waals surface area contributed by atoms with Crippen LogP contribution in [-0.2, 0) is 6.54 Å². The van der Waals surface area contributed by atoms with Gasteiger partial charge in [-0.3, -0.25) is 0 Å². The van der Waals surface area contributed by atoms with E-state index in [-0.39, 0.29) is 24.0 Å². The summed E-state index contributed by atoms with van der Waals surface area (Å²) in [5, 5.41) is 6.39. The lowest BCUT2D eigenvalue weighted by atomic mass is 10.2. The summed E-state index contributed by atoms with van der Waals surface area (Å²) in [7, 11) is 0. The molecule has 6 heteroatoms. The fourth-order valence-electron chi connectivity index (χ4n) is 2.47. The number of nitrogens with one attached hydrogen (secondary N) is 2. The van der Waals surface area contributed by atoms with Crippen LogP contribution in [0.3, 0.4) is 0 Å². The van der Waals surface area contributed by atoms with Crippen molar-refractivity contribution in [1.29, 1.82) is 0 Å². The van der Waals surface area contributed by atoms with Crippen LogP contribution in [0.15, 0.2) is 36.0 Å². The molecule has 128 valence electrons. The van der Waals surface area contributed by atoms with Gasteiger partial charge in [-0.1, -0.05) is 6.08 Å². The molecular weight excluding hydrogens is 403 g/mol. The Kier molecular flexibility index (Phi) is 9.66. The monoisotopic (exact) mass is 430 g/mol. The Bertz CT molecular complexity index is 501. The zero-order chi connectivity index (χ0) is 15.6. The van der Waals surface area contributed by atoms with E-state index in [9.17, 15) is 0 Å². The number of aromatic nitrogens is 1. The molecule has 23 heavy (non-hydrogen) atoms. The number of halogens is 1. The number of nitrogens with zero attached hydrogens (tertiary/aromatic N) is 2. The first kappa shape index (κ1) is 19.7. The summed E-state index contributed by atoms with van der Waals surface area (Å²) >= 11 is 0. The molecule has 0 amide bonds. The molecule has 0 unspecified atom stereocenters. The van der Waals surface area contributed by atoms with Crippen molar-refractivity contribution in [2.75, 3.05) is 13.1 Å². The molecule has 0 spiro atoms. The molecule has 1 aromatic heterocycles. The molecule has 1 fully saturated rings. The van der Waals surface area contributed by atoms with Crippen LogP contribution in [0.2, 0.25) is 0 Å². The zero-order valence-corrected chi connectivity index (χ0v) is 16.1. The Morgan fingerprint density at radius 1 is 1.43 bits per heavy atom. The quantitative estimate of drug-likeness (QED) is 0.302. The molecule has 2 N–H and O–H groups in total. The minimum atomic E-state index is 0. The Hall–Kier alpha value is -1.31. The largest absolute Gasteiger partial charge is 0.474 e. The van der Waals surface area contributed by atoms with Crippen molar-refractivity contribution in [3.8, 4) is 5.88 Å². The predicted molar refractivity (Wildman–Crippen MR) is 106 cm³/mol. The maximum atomic E-state index is 5.93. The van der Waals surface area contributed by atoms with Gasteiger partial charge in [0.25, 0.3) is 0 Å². The smallest absolute Gasteiger partial charge is 0.213 e. The van der Waals surface area contributed by atoms with Crippen molar-refractivity contribution >= 4 is 29.9 Å². The third kappa shape index (κ3) is 7.20. The second-order valence-corrected chi connectivity index (χ2v) is 5.39. The summed E-state index contributed by atoms with van der Waals surface area (Å²) in [6.45, 7) is 7.86. The van der Waals surface area contributed by atoms with Crippen LogP contribution >= 0.6 is 24.0 Å². The van der Waals surface area contributed by atoms with E-state index in [0.29, 0.717) is 25.1 Å². The second-order valence-electron chi connectivity index (χ2n) is 5.39. The third-order valence-corrected chi connectivity index (χ3v) is 3.57. The third-order valence-electron chi connectivity index (χ3n) is 3.57. The standard InChI is InChI=1S/C17H26N4O.HI/c1-3-10-20-17(18-4-2)21-13-14-9-11-19-16(12-14)22-15-7-5-6-8-15;/h3,9,11-12,15H,1,4-8,10,13H2,2H3,(H2,18,20,21);1H. The van der Waals surface area contributed by atoms with Crippen molar-refractivity contribution in [1.82, 2.24) is 15.6 Å². The van der Waals surface area contributed by atoms with Gasteiger partial charge in [0, 0.05) is 25.4 Å². The fraction of sp³-hybridized carbons (Fsp3) is 0.529. The number of ether oxygens (including phenoxy) is 1. The van der Waals surface area contributed by atoms with E-state index < -0.39 is 0 Å². The van der Waals surface area contributed by atoms with Crippen molar-refractivity contribution in [3.63, 3.8) is 0 Å². The van der Waals surface area contributed by atoms with E-state index in [1.165, 1.54) is 12.8 Å². The van der Waals surface area contributed by atoms with Gasteiger partial charge >= 0.3 is 0 Å². The molecule has 1 aliphatic carbocycles. The van der Waals surface area contributed by atoms with Crippen LogP contribution < -0.4 is 15.4 Å². The SMILES string of the molecule is C=CCNC(=NCc1ccnc(OC2CCCC2)c1)NCC.I. The first-order chi connectivity index (χ1) is 10.8. The first-order valence-electron chi connectivity index (χ1n) is 8.06. The summed E-state index contributed by atoms with van der Waals surface area (Å²) in [4.78, 5) is 8.86. The van der Waals surface area contributed by atoms with Crippen molar-refractivity contribution < 1.29 is 4.74 Å². The maximum absolute atomic E-state index is 5.93. The van der Waals surface area contributed by atoms with Gasteiger partial charge in [-0.15, -0.1) is 30.6 Å². The molecule has 0 radical (unpaired) electrons. The maximum Gasteiger partial charge on any atom is 0.213 e. The van der Waals surface area contributed by atoms with E-state index >= 15 is 0 Å². The average Bonchev–Trinajstić information content (AvgIpc) is 3.03. The van der Waals surface area contributed by atoms with E-state index in [4.69, 9.17) is 4.74 Å². The van der Waals surface area contributed by atoms with Crippen LogP contribution in [-0.4, -0.2) is 30.1 Å². The zero-order valence-electron chi connectivity index (χ0n) is 13.8. The summed E-state index contributed by atoms with van der Waals surface area (Å²) in [5.41, 5.74) is 1.10. The highest BCUT2D eigenvalue weighted by Gasteiger charge is 2.16. The number of aliphatic imine (C=N–C) groups is 1. The molecule has 1 heterocycles. The molecule has 1 aliphatic rings. The summed E-state index contributed by atoms with van der Waals surface area (Å²) in [6.07, 6.45) is 8.73. The molecule has 1 saturated carbocycles. The molecule has 1 aromatic rings. The Morgan fingerprint density at radius 2 is 2.22 bits per heavy atom. The molecule has 0 saturated heterocycles. The van der Waals surface area contributed by atoms with Crippen LogP contribution in [0.5, 0.6) is 5.88 Å². The average molecular weight is 430 g/mol. The normalized spacial score (nSPS) is 14.9. The molecule has 0 aromatic carbocycles. The highest BCUT2D eigenvalue weighted by atomic mass is 127. The number of pyridine rings is 1. The highest BCUT2D eigenvalue weighted by Crippen LogP contribution is 2.23. The lowest BCUT2D eigenvalue weighted by molar-refractivity contribution is 0.201. The summed E-state index contributed by atoms with van der Waals surface area (Å²) < 4.78 is 5.93. The van der Waals surface area contributed by atoms with Gasteiger partial charge in [-0.2, -0.15) is 0 Å². The molecular formula is C17H27IN4O. The summed E-state index contributed by atoms with van der Waals surface area (Å²) in [6, 6.07) is 3.96. The number of guanidine groups is 1. The molecule has 0 aliphatic heterocycles. The Balaban J connectivity index is 0.00000264. The van der Waals surface area contributed by atoms with Crippen LogP contribution in [0.25, 0.3) is 0 Å². The van der Waals surface area contributed by atoms with E-state index in [1.54, 1.807) is 6.20 Å². The fourth-order valence-corrected chi connectivity index (χ4v) is 2.47. The number of hydrogen-bond acceptors (Lipinski definition) is 3. The van der Waals surface area contributed by atoms with E-state index in [2.05, 4.69) is 27.2 Å². The van der Waals surface area contributed by atoms with Gasteiger partial charge in [0.1, 0.15) is 6.10 Å². The molecule has 0 bridgehead atoms. The van der Waals surface area contributed by atoms with Crippen molar-refractivity contribution in [2.45, 2.75) is 45.3 Å². The highest BCUT2D eigenvalue weighted by molar-refractivity contribution is 14.0. The van der Waals surface area contributed by atoms with Gasteiger partial charge in [-0.05, 0) is 44.2 Å². The van der Waals surface area contributed by atoms with Crippen molar-refractivity contribution in [2.24, 2.45) is 4.99 Å². The lowest BCUT2D eigenvalue weighted by Gasteiger charge is -2.12.